The maximum Gasteiger partial charge on any atom is 0.306 e. The Bertz CT molecular complexity index is 540. The first-order valence-electron chi connectivity index (χ1n) is 7.49. The summed E-state index contributed by atoms with van der Waals surface area (Å²) < 4.78 is 9.88. The Labute approximate surface area is 123 Å². The molecule has 6 nitrogen and oxygen atoms in total. The molecule has 1 amide bonds. The van der Waals surface area contributed by atoms with E-state index in [-0.39, 0.29) is 12.6 Å². The number of hydrogen-bond donors (Lipinski definition) is 1. The number of carbonyl (C=O) groups is 2. The third-order valence-electron chi connectivity index (χ3n) is 4.57. The summed E-state index contributed by atoms with van der Waals surface area (Å²) in [5.74, 6) is 2.22. The number of hydrogen-bond acceptors (Lipinski definition) is 5. The molecular weight excluding hydrogens is 272 g/mol. The Kier molecular flexibility index (Phi) is 3.94. The van der Waals surface area contributed by atoms with E-state index < -0.39 is 5.91 Å². The number of esters is 1. The average Bonchev–Trinajstić information content (AvgIpc) is 3.14. The molecule has 0 unspecified atom stereocenters. The fourth-order valence-corrected chi connectivity index (χ4v) is 3.65. The Balaban J connectivity index is 1.38. The van der Waals surface area contributed by atoms with E-state index in [1.807, 2.05) is 0 Å². The minimum absolute atomic E-state index is 0.272. The molecule has 3 atom stereocenters. The number of fused-ring (bicyclic) bond motifs is 2. The quantitative estimate of drug-likeness (QED) is 0.842. The van der Waals surface area contributed by atoms with Crippen molar-refractivity contribution in [2.24, 2.45) is 17.8 Å². The average molecular weight is 292 g/mol. The van der Waals surface area contributed by atoms with Crippen molar-refractivity contribution in [1.29, 1.82) is 0 Å². The Hall–Kier alpha value is -1.85. The van der Waals surface area contributed by atoms with Crippen LogP contribution < -0.4 is 5.32 Å². The fourth-order valence-electron chi connectivity index (χ4n) is 3.65. The summed E-state index contributed by atoms with van der Waals surface area (Å²) >= 11 is 0. The molecule has 3 rings (SSSR count). The monoisotopic (exact) mass is 292 g/mol. The van der Waals surface area contributed by atoms with Crippen LogP contribution in [0.4, 0.5) is 5.82 Å². The normalized spacial score (nSPS) is 26.8. The molecule has 0 spiro atoms. The van der Waals surface area contributed by atoms with Crippen molar-refractivity contribution in [3.8, 4) is 0 Å². The van der Waals surface area contributed by atoms with Crippen molar-refractivity contribution >= 4 is 17.7 Å². The number of rotatable bonds is 5. The molecule has 2 bridgehead atoms. The zero-order valence-corrected chi connectivity index (χ0v) is 12.1. The van der Waals surface area contributed by atoms with Crippen LogP contribution in [0.1, 0.15) is 37.9 Å². The number of aromatic nitrogens is 1. The van der Waals surface area contributed by atoms with Crippen LogP contribution in [0.2, 0.25) is 0 Å². The minimum atomic E-state index is -0.399. The van der Waals surface area contributed by atoms with Gasteiger partial charge in [-0.05, 0) is 43.9 Å². The first-order valence-corrected chi connectivity index (χ1v) is 7.49. The van der Waals surface area contributed by atoms with Crippen LogP contribution in [0.15, 0.2) is 10.6 Å². The molecule has 6 heteroatoms. The molecule has 114 valence electrons. The molecule has 0 aliphatic heterocycles. The van der Waals surface area contributed by atoms with Gasteiger partial charge in [0.1, 0.15) is 5.76 Å². The summed E-state index contributed by atoms with van der Waals surface area (Å²) in [5.41, 5.74) is 0. The number of nitrogens with one attached hydrogen (secondary N) is 1. The third kappa shape index (κ3) is 3.43. The largest absolute Gasteiger partial charge is 0.456 e. The highest BCUT2D eigenvalue weighted by molar-refractivity contribution is 5.91. The van der Waals surface area contributed by atoms with Crippen LogP contribution in [-0.2, 0) is 14.3 Å². The van der Waals surface area contributed by atoms with E-state index in [1.54, 1.807) is 13.0 Å². The molecule has 0 radical (unpaired) electrons. The van der Waals surface area contributed by atoms with Crippen molar-refractivity contribution in [1.82, 2.24) is 5.16 Å². The predicted octanol–water partition coefficient (Wildman–Crippen LogP) is 2.29. The Morgan fingerprint density at radius 2 is 2.29 bits per heavy atom. The van der Waals surface area contributed by atoms with Gasteiger partial charge in [0.2, 0.25) is 0 Å². The maximum atomic E-state index is 11.8. The lowest BCUT2D eigenvalue weighted by molar-refractivity contribution is -0.148. The van der Waals surface area contributed by atoms with Gasteiger partial charge in [-0.1, -0.05) is 11.6 Å². The molecule has 0 saturated heterocycles. The van der Waals surface area contributed by atoms with E-state index in [4.69, 9.17) is 9.26 Å². The molecule has 21 heavy (non-hydrogen) atoms. The minimum Gasteiger partial charge on any atom is -0.456 e. The van der Waals surface area contributed by atoms with Crippen molar-refractivity contribution in [2.45, 2.75) is 39.0 Å². The smallest absolute Gasteiger partial charge is 0.306 e. The van der Waals surface area contributed by atoms with Crippen molar-refractivity contribution in [3.05, 3.63) is 11.8 Å². The van der Waals surface area contributed by atoms with E-state index in [0.717, 1.165) is 12.3 Å². The summed E-state index contributed by atoms with van der Waals surface area (Å²) in [5, 5.41) is 6.16. The van der Waals surface area contributed by atoms with Crippen LogP contribution in [0, 0.1) is 24.7 Å². The topological polar surface area (TPSA) is 81.4 Å². The van der Waals surface area contributed by atoms with Crippen LogP contribution in [-0.4, -0.2) is 23.6 Å². The fraction of sp³-hybridized carbons (Fsp3) is 0.667. The van der Waals surface area contributed by atoms with Gasteiger partial charge in [-0.3, -0.25) is 9.59 Å². The molecule has 1 N–H and O–H groups in total. The van der Waals surface area contributed by atoms with Crippen LogP contribution in [0.25, 0.3) is 0 Å². The number of carbonyl (C=O) groups excluding carboxylic acids is 2. The number of ether oxygens (including phenoxy) is 1. The van der Waals surface area contributed by atoms with Crippen molar-refractivity contribution in [2.75, 3.05) is 11.9 Å². The molecule has 1 heterocycles. The highest BCUT2D eigenvalue weighted by atomic mass is 16.5. The van der Waals surface area contributed by atoms with E-state index in [1.165, 1.54) is 19.3 Å². The number of nitrogens with zero attached hydrogens (tertiary/aromatic N) is 1. The molecule has 2 fully saturated rings. The molecule has 1 aromatic heterocycles. The van der Waals surface area contributed by atoms with Crippen LogP contribution in [0.5, 0.6) is 0 Å². The predicted molar refractivity (Wildman–Crippen MR) is 74.4 cm³/mol. The first-order chi connectivity index (χ1) is 10.1. The number of aryl methyl sites for hydroxylation is 1. The van der Waals surface area contributed by atoms with Crippen LogP contribution in [0.3, 0.4) is 0 Å². The van der Waals surface area contributed by atoms with Gasteiger partial charge in [0.25, 0.3) is 5.91 Å². The Morgan fingerprint density at radius 1 is 1.43 bits per heavy atom. The van der Waals surface area contributed by atoms with Gasteiger partial charge in [-0.2, -0.15) is 0 Å². The molecule has 0 aromatic carbocycles. The van der Waals surface area contributed by atoms with Gasteiger partial charge < -0.3 is 14.6 Å². The van der Waals surface area contributed by atoms with Crippen LogP contribution >= 0.6 is 0 Å². The van der Waals surface area contributed by atoms with Gasteiger partial charge in [0.05, 0.1) is 0 Å². The van der Waals surface area contributed by atoms with Gasteiger partial charge >= 0.3 is 5.97 Å². The number of anilines is 1. The van der Waals surface area contributed by atoms with Gasteiger partial charge in [0.15, 0.2) is 12.4 Å². The van der Waals surface area contributed by atoms with Gasteiger partial charge in [0, 0.05) is 12.5 Å². The summed E-state index contributed by atoms with van der Waals surface area (Å²) in [6.07, 6.45) is 5.41. The lowest BCUT2D eigenvalue weighted by atomic mass is 9.86. The van der Waals surface area contributed by atoms with E-state index in [0.29, 0.717) is 29.8 Å². The number of amides is 1. The summed E-state index contributed by atoms with van der Waals surface area (Å²) in [4.78, 5) is 23.4. The lowest BCUT2D eigenvalue weighted by Crippen LogP contribution is -2.23. The van der Waals surface area contributed by atoms with Gasteiger partial charge in [-0.15, -0.1) is 0 Å². The summed E-state index contributed by atoms with van der Waals surface area (Å²) in [6, 6.07) is 1.61. The zero-order chi connectivity index (χ0) is 14.8. The summed E-state index contributed by atoms with van der Waals surface area (Å²) in [6.45, 7) is 1.46. The van der Waals surface area contributed by atoms with Crippen molar-refractivity contribution < 1.29 is 18.8 Å². The first kappa shape index (κ1) is 14.1. The maximum absolute atomic E-state index is 11.8. The third-order valence-corrected chi connectivity index (χ3v) is 4.57. The second-order valence-electron chi connectivity index (χ2n) is 6.17. The lowest BCUT2D eigenvalue weighted by Gasteiger charge is -2.20. The van der Waals surface area contributed by atoms with E-state index in [2.05, 4.69) is 10.5 Å². The molecule has 1 aromatic rings. The molecule has 2 aliphatic rings. The second-order valence-corrected chi connectivity index (χ2v) is 6.17. The van der Waals surface area contributed by atoms with E-state index >= 15 is 0 Å². The van der Waals surface area contributed by atoms with Crippen molar-refractivity contribution in [3.63, 3.8) is 0 Å². The zero-order valence-electron chi connectivity index (χ0n) is 12.1. The highest BCUT2D eigenvalue weighted by Gasteiger charge is 2.40. The molecule has 2 saturated carbocycles. The van der Waals surface area contributed by atoms with Gasteiger partial charge in [-0.25, -0.2) is 0 Å². The second kappa shape index (κ2) is 5.87. The van der Waals surface area contributed by atoms with E-state index in [9.17, 15) is 9.59 Å². The Morgan fingerprint density at radius 3 is 2.90 bits per heavy atom. The molecule has 2 aliphatic carbocycles. The molecular formula is C15H20N2O4. The summed E-state index contributed by atoms with van der Waals surface area (Å²) in [7, 11) is 0. The standard InChI is InChI=1S/C15H20N2O4/c1-9-4-13(17-21-9)16-14(18)8-20-15(19)7-12-6-10-2-3-11(12)5-10/h4,10-12H,2-3,5-8H2,1H3,(H,16,17,18)/t10-,11-,12-/m1/s1. The highest BCUT2D eigenvalue weighted by Crippen LogP contribution is 2.49. The SMILES string of the molecule is Cc1cc(NC(=O)COC(=O)C[C@H]2C[C@@H]3CC[C@@H]2C3)no1.